The van der Waals surface area contributed by atoms with E-state index in [1.165, 1.54) is 56.0 Å². The Balaban J connectivity index is 2.20. The Hall–Kier alpha value is -2.37. The summed E-state index contributed by atoms with van der Waals surface area (Å²) in [4.78, 5) is 2.26. The van der Waals surface area contributed by atoms with E-state index in [-0.39, 0.29) is 7.92 Å². The fourth-order valence-electron chi connectivity index (χ4n) is 4.25. The molecule has 0 fully saturated rings. The second kappa shape index (κ2) is 7.94. The number of benzene rings is 4. The first kappa shape index (κ1) is 19.0. The van der Waals surface area contributed by atoms with Crippen LogP contribution in [0.4, 0.5) is 5.69 Å². The molecule has 0 bridgehead atoms. The van der Waals surface area contributed by atoms with E-state index in [1.807, 2.05) is 0 Å². The average Bonchev–Trinajstić information content (AvgIpc) is 2.73. The highest BCUT2D eigenvalue weighted by Crippen LogP contribution is 2.45. The summed E-state index contributed by atoms with van der Waals surface area (Å²) in [5.74, 6) is 0. The summed E-state index contributed by atoms with van der Waals surface area (Å²) in [5.41, 5.74) is 4.11. The fourth-order valence-corrected chi connectivity index (χ4v) is 6.21. The monoisotopic (exact) mass is 385 g/mol. The van der Waals surface area contributed by atoms with Crippen LogP contribution in [0.1, 0.15) is 13.8 Å². The zero-order valence-electron chi connectivity index (χ0n) is 17.2. The maximum Gasteiger partial charge on any atom is 0.0447 e. The third kappa shape index (κ3) is 3.19. The molecule has 0 N–H and O–H groups in total. The molecule has 142 valence electrons. The number of rotatable bonds is 5. The average molecular weight is 385 g/mol. The predicted octanol–water partition coefficient (Wildman–Crippen LogP) is 6.87. The van der Waals surface area contributed by atoms with Crippen molar-refractivity contribution in [2.45, 2.75) is 13.8 Å². The van der Waals surface area contributed by atoms with Crippen LogP contribution in [0, 0.1) is 0 Å². The SMILES string of the molecule is CCP(CC)c1ccc2ccccc2c1-c1c(N(C)C)ccc2ccccc12. The summed E-state index contributed by atoms with van der Waals surface area (Å²) in [6.45, 7) is 4.67. The summed E-state index contributed by atoms with van der Waals surface area (Å²) in [5, 5.41) is 6.88. The topological polar surface area (TPSA) is 3.24 Å². The second-order valence-electron chi connectivity index (χ2n) is 7.43. The van der Waals surface area contributed by atoms with Crippen LogP contribution in [0.2, 0.25) is 0 Å². The molecule has 0 saturated heterocycles. The van der Waals surface area contributed by atoms with Gasteiger partial charge in [-0.1, -0.05) is 88.5 Å². The van der Waals surface area contributed by atoms with Gasteiger partial charge in [-0.3, -0.25) is 0 Å². The molecule has 0 amide bonds. The van der Waals surface area contributed by atoms with Crippen molar-refractivity contribution in [2.24, 2.45) is 0 Å². The number of hydrogen-bond acceptors (Lipinski definition) is 1. The predicted molar refractivity (Wildman–Crippen MR) is 129 cm³/mol. The van der Waals surface area contributed by atoms with Gasteiger partial charge >= 0.3 is 0 Å². The number of anilines is 1. The summed E-state index contributed by atoms with van der Waals surface area (Å²) < 4.78 is 0. The minimum absolute atomic E-state index is 0.175. The van der Waals surface area contributed by atoms with Crippen molar-refractivity contribution < 1.29 is 0 Å². The van der Waals surface area contributed by atoms with E-state index in [9.17, 15) is 0 Å². The molecule has 1 nitrogen and oxygen atoms in total. The number of fused-ring (bicyclic) bond motifs is 2. The molecular weight excluding hydrogens is 357 g/mol. The molecule has 0 aliphatic rings. The van der Waals surface area contributed by atoms with Crippen molar-refractivity contribution in [1.82, 2.24) is 0 Å². The van der Waals surface area contributed by atoms with E-state index >= 15 is 0 Å². The number of nitrogens with zero attached hydrogens (tertiary/aromatic N) is 1. The zero-order valence-corrected chi connectivity index (χ0v) is 18.1. The fraction of sp³-hybridized carbons (Fsp3) is 0.231. The van der Waals surface area contributed by atoms with Crippen LogP contribution in [0.15, 0.2) is 72.8 Å². The molecule has 4 rings (SSSR count). The molecule has 0 aromatic heterocycles. The molecule has 0 atom stereocenters. The molecule has 2 heteroatoms. The van der Waals surface area contributed by atoms with Crippen molar-refractivity contribution in [3.63, 3.8) is 0 Å². The molecular formula is C26H28NP. The lowest BCUT2D eigenvalue weighted by molar-refractivity contribution is 1.14. The lowest BCUT2D eigenvalue weighted by Gasteiger charge is -2.25. The Morgan fingerprint density at radius 1 is 0.643 bits per heavy atom. The van der Waals surface area contributed by atoms with Gasteiger partial charge in [0.15, 0.2) is 0 Å². The third-order valence-corrected chi connectivity index (χ3v) is 8.23. The first-order valence-electron chi connectivity index (χ1n) is 10.1. The van der Waals surface area contributed by atoms with E-state index in [1.54, 1.807) is 0 Å². The van der Waals surface area contributed by atoms with E-state index in [0.29, 0.717) is 0 Å². The highest BCUT2D eigenvalue weighted by Gasteiger charge is 2.20. The van der Waals surface area contributed by atoms with Crippen LogP contribution in [-0.2, 0) is 0 Å². The minimum Gasteiger partial charge on any atom is -0.377 e. The maximum absolute atomic E-state index is 2.40. The lowest BCUT2D eigenvalue weighted by Crippen LogP contribution is -2.14. The Labute approximate surface area is 169 Å². The van der Waals surface area contributed by atoms with Crippen LogP contribution in [0.5, 0.6) is 0 Å². The van der Waals surface area contributed by atoms with Crippen molar-refractivity contribution >= 4 is 40.5 Å². The molecule has 4 aromatic rings. The van der Waals surface area contributed by atoms with E-state index < -0.39 is 0 Å². The van der Waals surface area contributed by atoms with Crippen LogP contribution in [0.25, 0.3) is 32.7 Å². The van der Waals surface area contributed by atoms with Gasteiger partial charge < -0.3 is 4.90 Å². The highest BCUT2D eigenvalue weighted by atomic mass is 31.1. The van der Waals surface area contributed by atoms with Crippen molar-refractivity contribution in [2.75, 3.05) is 31.3 Å². The standard InChI is InChI=1S/C26H28NP/c1-5-28(6-2)24-18-16-20-12-8-10-14-22(20)26(24)25-21-13-9-7-11-19(21)15-17-23(25)27(3)4/h7-18H,5-6H2,1-4H3. The van der Waals surface area contributed by atoms with Gasteiger partial charge in [0.1, 0.15) is 0 Å². The first-order valence-corrected chi connectivity index (χ1v) is 11.8. The zero-order chi connectivity index (χ0) is 19.7. The Morgan fingerprint density at radius 2 is 1.18 bits per heavy atom. The number of hydrogen-bond donors (Lipinski definition) is 0. The van der Waals surface area contributed by atoms with Gasteiger partial charge in [0.05, 0.1) is 0 Å². The Kier molecular flexibility index (Phi) is 5.38. The van der Waals surface area contributed by atoms with E-state index in [0.717, 1.165) is 0 Å². The van der Waals surface area contributed by atoms with Gasteiger partial charge in [0, 0.05) is 25.3 Å². The van der Waals surface area contributed by atoms with E-state index in [2.05, 4.69) is 106 Å². The molecule has 0 radical (unpaired) electrons. The Morgan fingerprint density at radius 3 is 1.75 bits per heavy atom. The molecule has 0 aliphatic carbocycles. The highest BCUT2D eigenvalue weighted by molar-refractivity contribution is 7.65. The Bertz CT molecular complexity index is 1130. The van der Waals surface area contributed by atoms with Gasteiger partial charge in [0.2, 0.25) is 0 Å². The summed E-state index contributed by atoms with van der Waals surface area (Å²) in [6.07, 6.45) is 2.44. The largest absolute Gasteiger partial charge is 0.377 e. The summed E-state index contributed by atoms with van der Waals surface area (Å²) in [6, 6.07) is 26.9. The van der Waals surface area contributed by atoms with Gasteiger partial charge in [-0.15, -0.1) is 0 Å². The van der Waals surface area contributed by atoms with Crippen LogP contribution >= 0.6 is 7.92 Å². The molecule has 0 saturated carbocycles. The molecule has 0 unspecified atom stereocenters. The summed E-state index contributed by atoms with van der Waals surface area (Å²) >= 11 is 0. The van der Waals surface area contributed by atoms with Crippen LogP contribution in [0.3, 0.4) is 0 Å². The second-order valence-corrected chi connectivity index (χ2v) is 10.3. The maximum atomic E-state index is 2.40. The van der Waals surface area contributed by atoms with E-state index in [4.69, 9.17) is 0 Å². The van der Waals surface area contributed by atoms with Crippen molar-refractivity contribution in [3.8, 4) is 11.1 Å². The smallest absolute Gasteiger partial charge is 0.0447 e. The molecule has 4 aromatic carbocycles. The van der Waals surface area contributed by atoms with Crippen LogP contribution < -0.4 is 10.2 Å². The summed E-state index contributed by atoms with van der Waals surface area (Å²) in [7, 11) is 4.13. The molecule has 0 heterocycles. The quantitative estimate of drug-likeness (QED) is 0.339. The van der Waals surface area contributed by atoms with Gasteiger partial charge in [-0.2, -0.15) is 0 Å². The van der Waals surface area contributed by atoms with Gasteiger partial charge in [-0.05, 0) is 50.8 Å². The van der Waals surface area contributed by atoms with Gasteiger partial charge in [0.25, 0.3) is 0 Å². The first-order chi connectivity index (χ1) is 13.7. The molecule has 28 heavy (non-hydrogen) atoms. The third-order valence-electron chi connectivity index (χ3n) is 5.65. The molecule has 0 aliphatic heterocycles. The minimum atomic E-state index is -0.175. The molecule has 0 spiro atoms. The normalized spacial score (nSPS) is 11.5. The lowest BCUT2D eigenvalue weighted by atomic mass is 9.92. The van der Waals surface area contributed by atoms with Crippen molar-refractivity contribution in [1.29, 1.82) is 0 Å². The van der Waals surface area contributed by atoms with Crippen molar-refractivity contribution in [3.05, 3.63) is 72.8 Å². The van der Waals surface area contributed by atoms with Crippen LogP contribution in [-0.4, -0.2) is 26.4 Å². The van der Waals surface area contributed by atoms with Gasteiger partial charge in [-0.25, -0.2) is 0 Å².